The highest BCUT2D eigenvalue weighted by molar-refractivity contribution is 5.98. The zero-order valence-corrected chi connectivity index (χ0v) is 15.2. The molecule has 0 saturated carbocycles. The van der Waals surface area contributed by atoms with E-state index in [-0.39, 0.29) is 18.2 Å². The van der Waals surface area contributed by atoms with Crippen LogP contribution in [-0.2, 0) is 4.79 Å². The highest BCUT2D eigenvalue weighted by Gasteiger charge is 2.11. The van der Waals surface area contributed by atoms with Crippen LogP contribution in [0.5, 0.6) is 0 Å². The molecule has 4 rings (SSSR count). The fraction of sp³-hybridized carbons (Fsp3) is 0.0952. The molecule has 4 aromatic rings. The van der Waals surface area contributed by atoms with E-state index in [1.165, 1.54) is 12.3 Å². The van der Waals surface area contributed by atoms with E-state index < -0.39 is 5.91 Å². The van der Waals surface area contributed by atoms with Gasteiger partial charge in [0.1, 0.15) is 5.65 Å². The summed E-state index contributed by atoms with van der Waals surface area (Å²) in [5.41, 5.74) is 4.32. The average molecular weight is 374 g/mol. The van der Waals surface area contributed by atoms with Crippen LogP contribution in [0.1, 0.15) is 16.1 Å². The van der Waals surface area contributed by atoms with Gasteiger partial charge in [0.15, 0.2) is 5.76 Å². The zero-order valence-electron chi connectivity index (χ0n) is 15.2. The molecular weight excluding hydrogens is 356 g/mol. The molecule has 2 amide bonds. The van der Waals surface area contributed by atoms with Crippen molar-refractivity contribution in [3.8, 4) is 11.3 Å². The largest absolute Gasteiger partial charge is 0.459 e. The number of nitrogens with one attached hydrogen (secondary N) is 2. The van der Waals surface area contributed by atoms with E-state index in [2.05, 4.69) is 15.6 Å². The minimum absolute atomic E-state index is 0.155. The van der Waals surface area contributed by atoms with Crippen molar-refractivity contribution in [3.05, 3.63) is 78.5 Å². The highest BCUT2D eigenvalue weighted by Crippen LogP contribution is 2.23. The molecule has 0 aliphatic rings. The van der Waals surface area contributed by atoms with Gasteiger partial charge in [-0.25, -0.2) is 4.98 Å². The predicted molar refractivity (Wildman–Crippen MR) is 105 cm³/mol. The second kappa shape index (κ2) is 7.40. The van der Waals surface area contributed by atoms with Gasteiger partial charge in [0.05, 0.1) is 18.5 Å². The number of aryl methyl sites for hydroxylation is 1. The summed E-state index contributed by atoms with van der Waals surface area (Å²) in [4.78, 5) is 28.6. The Bertz CT molecular complexity index is 1150. The lowest BCUT2D eigenvalue weighted by molar-refractivity contribution is -0.115. The van der Waals surface area contributed by atoms with Crippen molar-refractivity contribution < 1.29 is 14.0 Å². The molecule has 7 nitrogen and oxygen atoms in total. The molecule has 7 heteroatoms. The number of anilines is 1. The molecule has 0 unspecified atom stereocenters. The van der Waals surface area contributed by atoms with Crippen LogP contribution in [0.3, 0.4) is 0 Å². The van der Waals surface area contributed by atoms with Crippen molar-refractivity contribution in [2.75, 3.05) is 11.9 Å². The van der Waals surface area contributed by atoms with Crippen LogP contribution in [0, 0.1) is 6.92 Å². The van der Waals surface area contributed by atoms with E-state index in [1.54, 1.807) is 12.1 Å². The third-order valence-corrected chi connectivity index (χ3v) is 4.27. The maximum absolute atomic E-state index is 12.1. The van der Waals surface area contributed by atoms with Crippen molar-refractivity contribution in [1.29, 1.82) is 0 Å². The molecule has 0 fully saturated rings. The summed E-state index contributed by atoms with van der Waals surface area (Å²) in [5, 5.41) is 5.29. The van der Waals surface area contributed by atoms with Gasteiger partial charge in [-0.1, -0.05) is 18.2 Å². The molecular formula is C21H18N4O3. The first-order chi connectivity index (χ1) is 13.6. The Labute approximate surface area is 161 Å². The number of amides is 2. The van der Waals surface area contributed by atoms with Gasteiger partial charge in [0.25, 0.3) is 5.91 Å². The Hall–Kier alpha value is -3.87. The number of rotatable bonds is 5. The Morgan fingerprint density at radius 2 is 2.04 bits per heavy atom. The normalized spacial score (nSPS) is 10.8. The molecule has 0 aliphatic heterocycles. The number of imidazole rings is 1. The number of benzene rings is 1. The number of carbonyl (C=O) groups excluding carboxylic acids is 2. The van der Waals surface area contributed by atoms with Crippen LogP contribution in [0.15, 0.2) is 71.6 Å². The summed E-state index contributed by atoms with van der Waals surface area (Å²) < 4.78 is 6.96. The van der Waals surface area contributed by atoms with Gasteiger partial charge < -0.3 is 19.5 Å². The Balaban J connectivity index is 1.45. The Kier molecular flexibility index (Phi) is 4.63. The summed E-state index contributed by atoms with van der Waals surface area (Å²) in [7, 11) is 0. The van der Waals surface area contributed by atoms with Crippen LogP contribution in [0.2, 0.25) is 0 Å². The minimum Gasteiger partial charge on any atom is -0.459 e. The van der Waals surface area contributed by atoms with Crippen molar-refractivity contribution in [3.63, 3.8) is 0 Å². The number of hydrogen-bond donors (Lipinski definition) is 2. The third-order valence-electron chi connectivity index (χ3n) is 4.27. The zero-order chi connectivity index (χ0) is 19.5. The van der Waals surface area contributed by atoms with Crippen LogP contribution >= 0.6 is 0 Å². The van der Waals surface area contributed by atoms with Gasteiger partial charge in [-0.3, -0.25) is 9.59 Å². The minimum atomic E-state index is -0.436. The first-order valence-corrected chi connectivity index (χ1v) is 8.76. The Morgan fingerprint density at radius 3 is 2.82 bits per heavy atom. The van der Waals surface area contributed by atoms with Crippen LogP contribution in [0.4, 0.5) is 5.69 Å². The van der Waals surface area contributed by atoms with E-state index in [0.29, 0.717) is 5.69 Å². The number of furan rings is 1. The van der Waals surface area contributed by atoms with Crippen LogP contribution in [-0.4, -0.2) is 27.7 Å². The molecule has 0 atom stereocenters. The number of aromatic nitrogens is 2. The number of hydrogen-bond acceptors (Lipinski definition) is 4. The molecule has 3 heterocycles. The maximum atomic E-state index is 12.1. The predicted octanol–water partition coefficient (Wildman–Crippen LogP) is 3.27. The van der Waals surface area contributed by atoms with Crippen LogP contribution < -0.4 is 10.6 Å². The monoisotopic (exact) mass is 374 g/mol. The van der Waals surface area contributed by atoms with E-state index >= 15 is 0 Å². The van der Waals surface area contributed by atoms with E-state index in [4.69, 9.17) is 4.42 Å². The summed E-state index contributed by atoms with van der Waals surface area (Å²) in [5.74, 6) is -0.603. The molecule has 0 radical (unpaired) electrons. The summed E-state index contributed by atoms with van der Waals surface area (Å²) in [6, 6.07) is 14.6. The number of carbonyl (C=O) groups is 2. The second-order valence-corrected chi connectivity index (χ2v) is 6.34. The van der Waals surface area contributed by atoms with E-state index in [9.17, 15) is 9.59 Å². The lowest BCUT2D eigenvalue weighted by Gasteiger charge is -2.07. The molecule has 28 heavy (non-hydrogen) atoms. The van der Waals surface area contributed by atoms with Gasteiger partial charge in [-0.2, -0.15) is 0 Å². The number of nitrogens with zero attached hydrogens (tertiary/aromatic N) is 2. The second-order valence-electron chi connectivity index (χ2n) is 6.34. The molecule has 3 aromatic heterocycles. The molecule has 0 bridgehead atoms. The molecule has 0 aliphatic carbocycles. The van der Waals surface area contributed by atoms with Gasteiger partial charge in [0.2, 0.25) is 5.91 Å². The lowest BCUT2D eigenvalue weighted by atomic mass is 10.1. The fourth-order valence-electron chi connectivity index (χ4n) is 2.91. The van der Waals surface area contributed by atoms with Crippen molar-refractivity contribution in [2.24, 2.45) is 0 Å². The smallest absolute Gasteiger partial charge is 0.287 e. The van der Waals surface area contributed by atoms with E-state index in [1.807, 2.05) is 54.0 Å². The molecule has 2 N–H and O–H groups in total. The van der Waals surface area contributed by atoms with Gasteiger partial charge in [-0.15, -0.1) is 0 Å². The van der Waals surface area contributed by atoms with E-state index in [0.717, 1.165) is 22.5 Å². The van der Waals surface area contributed by atoms with Crippen molar-refractivity contribution in [2.45, 2.75) is 6.92 Å². The standard InChI is InChI=1S/C21H18N4O3/c1-14-5-3-9-25-13-17(24-20(14)25)15-6-2-7-16(11-15)23-19(26)12-22-21(27)18-8-4-10-28-18/h2-11,13H,12H2,1H3,(H,22,27)(H,23,26). The Morgan fingerprint density at radius 1 is 1.14 bits per heavy atom. The van der Waals surface area contributed by atoms with Gasteiger partial charge in [0, 0.05) is 23.6 Å². The maximum Gasteiger partial charge on any atom is 0.287 e. The topological polar surface area (TPSA) is 88.6 Å². The van der Waals surface area contributed by atoms with Crippen LogP contribution in [0.25, 0.3) is 16.9 Å². The molecule has 0 saturated heterocycles. The van der Waals surface area contributed by atoms with Crippen molar-refractivity contribution >= 4 is 23.1 Å². The molecule has 0 spiro atoms. The van der Waals surface area contributed by atoms with Crippen molar-refractivity contribution in [1.82, 2.24) is 14.7 Å². The average Bonchev–Trinajstić information content (AvgIpc) is 3.37. The molecule has 1 aromatic carbocycles. The SMILES string of the molecule is Cc1cccn2cc(-c3cccc(NC(=O)CNC(=O)c4ccco4)c3)nc12. The first-order valence-electron chi connectivity index (χ1n) is 8.76. The summed E-state index contributed by atoms with van der Waals surface area (Å²) in [6.45, 7) is 1.86. The van der Waals surface area contributed by atoms with Gasteiger partial charge in [-0.05, 0) is 42.8 Å². The fourth-order valence-corrected chi connectivity index (χ4v) is 2.91. The summed E-state index contributed by atoms with van der Waals surface area (Å²) >= 11 is 0. The first kappa shape index (κ1) is 17.5. The third kappa shape index (κ3) is 3.64. The summed E-state index contributed by atoms with van der Waals surface area (Å²) in [6.07, 6.45) is 5.31. The number of pyridine rings is 1. The molecule has 140 valence electrons. The quantitative estimate of drug-likeness (QED) is 0.561. The van der Waals surface area contributed by atoms with Gasteiger partial charge >= 0.3 is 0 Å². The number of fused-ring (bicyclic) bond motifs is 1. The lowest BCUT2D eigenvalue weighted by Crippen LogP contribution is -2.32. The highest BCUT2D eigenvalue weighted by atomic mass is 16.3.